The third kappa shape index (κ3) is 2.55. The van der Waals surface area contributed by atoms with E-state index in [0.717, 1.165) is 18.4 Å². The molecule has 1 aromatic carbocycles. The highest BCUT2D eigenvalue weighted by molar-refractivity contribution is 6.42. The maximum absolute atomic E-state index is 6.02. The molecule has 1 aromatic heterocycles. The summed E-state index contributed by atoms with van der Waals surface area (Å²) in [6.45, 7) is 0. The van der Waals surface area contributed by atoms with E-state index in [4.69, 9.17) is 27.7 Å². The Hall–Kier alpha value is -1.10. The summed E-state index contributed by atoms with van der Waals surface area (Å²) < 4.78 is 5.43. The third-order valence-electron chi connectivity index (χ3n) is 3.82. The van der Waals surface area contributed by atoms with Crippen molar-refractivity contribution in [1.29, 1.82) is 0 Å². The van der Waals surface area contributed by atoms with Gasteiger partial charge < -0.3 is 9.84 Å². The molecule has 0 amide bonds. The Morgan fingerprint density at radius 2 is 2.10 bits per heavy atom. The first-order chi connectivity index (χ1) is 9.69. The molecule has 0 aliphatic heterocycles. The van der Waals surface area contributed by atoms with Gasteiger partial charge >= 0.3 is 0 Å². The first-order valence-corrected chi connectivity index (χ1v) is 7.41. The zero-order valence-electron chi connectivity index (χ0n) is 11.1. The van der Waals surface area contributed by atoms with Crippen molar-refractivity contribution in [2.45, 2.75) is 31.2 Å². The lowest BCUT2D eigenvalue weighted by atomic mass is 10.0. The second kappa shape index (κ2) is 5.72. The first-order valence-electron chi connectivity index (χ1n) is 6.65. The van der Waals surface area contributed by atoms with Crippen molar-refractivity contribution in [3.8, 4) is 11.4 Å². The number of nitrogens with one attached hydrogen (secondary N) is 1. The normalized spacial score (nSPS) is 22.4. The van der Waals surface area contributed by atoms with Gasteiger partial charge in [0.15, 0.2) is 0 Å². The van der Waals surface area contributed by atoms with Crippen molar-refractivity contribution in [2.75, 3.05) is 7.05 Å². The average molecular weight is 312 g/mol. The SMILES string of the molecule is CNC1CCCC1c1nc(-c2ccc(Cl)c(Cl)c2)no1. The Kier molecular flexibility index (Phi) is 3.96. The Labute approximate surface area is 127 Å². The molecule has 1 saturated carbocycles. The van der Waals surface area contributed by atoms with Crippen molar-refractivity contribution in [2.24, 2.45) is 0 Å². The number of likely N-dealkylation sites (N-methyl/N-ethyl adjacent to an activating group) is 1. The topological polar surface area (TPSA) is 51.0 Å². The molecule has 0 spiro atoms. The molecule has 1 aliphatic rings. The van der Waals surface area contributed by atoms with Gasteiger partial charge in [0.05, 0.1) is 16.0 Å². The van der Waals surface area contributed by atoms with Crippen LogP contribution in [-0.4, -0.2) is 23.2 Å². The average Bonchev–Trinajstić information content (AvgIpc) is 3.09. The zero-order valence-corrected chi connectivity index (χ0v) is 12.6. The molecule has 4 nitrogen and oxygen atoms in total. The molecule has 1 N–H and O–H groups in total. The van der Waals surface area contributed by atoms with E-state index in [-0.39, 0.29) is 0 Å². The number of halogens is 2. The highest BCUT2D eigenvalue weighted by atomic mass is 35.5. The summed E-state index contributed by atoms with van der Waals surface area (Å²) in [6, 6.07) is 5.74. The molecule has 6 heteroatoms. The van der Waals surface area contributed by atoms with Gasteiger partial charge in [-0.3, -0.25) is 0 Å². The molecule has 106 valence electrons. The molecular formula is C14H15Cl2N3O. The van der Waals surface area contributed by atoms with E-state index in [9.17, 15) is 0 Å². The lowest BCUT2D eigenvalue weighted by Crippen LogP contribution is -2.27. The van der Waals surface area contributed by atoms with Crippen LogP contribution in [0.1, 0.15) is 31.1 Å². The molecule has 0 saturated heterocycles. The first kappa shape index (κ1) is 13.9. The van der Waals surface area contributed by atoms with Crippen molar-refractivity contribution in [3.63, 3.8) is 0 Å². The molecule has 2 unspecified atom stereocenters. The minimum Gasteiger partial charge on any atom is -0.339 e. The number of nitrogens with zero attached hydrogens (tertiary/aromatic N) is 2. The van der Waals surface area contributed by atoms with Gasteiger partial charge in [-0.15, -0.1) is 0 Å². The van der Waals surface area contributed by atoms with E-state index in [1.54, 1.807) is 12.1 Å². The molecule has 20 heavy (non-hydrogen) atoms. The summed E-state index contributed by atoms with van der Waals surface area (Å²) in [5.41, 5.74) is 0.813. The van der Waals surface area contributed by atoms with Crippen LogP contribution >= 0.6 is 23.2 Å². The van der Waals surface area contributed by atoms with Gasteiger partial charge in [0.1, 0.15) is 0 Å². The summed E-state index contributed by atoms with van der Waals surface area (Å²) in [4.78, 5) is 4.51. The lowest BCUT2D eigenvalue weighted by Gasteiger charge is -2.14. The Morgan fingerprint density at radius 1 is 1.25 bits per heavy atom. The fraction of sp³-hybridized carbons (Fsp3) is 0.429. The highest BCUT2D eigenvalue weighted by Gasteiger charge is 2.31. The predicted octanol–water partition coefficient (Wildman–Crippen LogP) is 3.90. The van der Waals surface area contributed by atoms with Crippen LogP contribution in [0.5, 0.6) is 0 Å². The van der Waals surface area contributed by atoms with Crippen molar-refractivity contribution < 1.29 is 4.52 Å². The van der Waals surface area contributed by atoms with E-state index in [1.165, 1.54) is 6.42 Å². The molecule has 3 rings (SSSR count). The molecule has 1 aliphatic carbocycles. The van der Waals surface area contributed by atoms with Crippen molar-refractivity contribution in [1.82, 2.24) is 15.5 Å². The minimum atomic E-state index is 0.295. The summed E-state index contributed by atoms with van der Waals surface area (Å²) in [6.07, 6.45) is 3.40. The number of hydrogen-bond donors (Lipinski definition) is 1. The van der Waals surface area contributed by atoms with Gasteiger partial charge in [0.25, 0.3) is 0 Å². The number of rotatable bonds is 3. The van der Waals surface area contributed by atoms with E-state index >= 15 is 0 Å². The van der Waals surface area contributed by atoms with E-state index < -0.39 is 0 Å². The maximum atomic E-state index is 6.02. The molecule has 1 fully saturated rings. The number of hydrogen-bond acceptors (Lipinski definition) is 4. The maximum Gasteiger partial charge on any atom is 0.231 e. The molecule has 0 bridgehead atoms. The second-order valence-corrected chi connectivity index (χ2v) is 5.83. The highest BCUT2D eigenvalue weighted by Crippen LogP contribution is 2.35. The zero-order chi connectivity index (χ0) is 14.1. The van der Waals surface area contributed by atoms with E-state index in [2.05, 4.69) is 15.5 Å². The standard InChI is InChI=1S/C14H15Cl2N3O/c1-17-12-4-2-3-9(12)14-18-13(19-20-14)8-5-6-10(15)11(16)7-8/h5-7,9,12,17H,2-4H2,1H3. The molecule has 2 atom stereocenters. The molecule has 1 heterocycles. The van der Waals surface area contributed by atoms with Gasteiger partial charge in [-0.2, -0.15) is 4.98 Å². The Balaban J connectivity index is 1.88. The summed E-state index contributed by atoms with van der Waals surface area (Å²) >= 11 is 11.9. The van der Waals surface area contributed by atoms with Gasteiger partial charge in [0, 0.05) is 11.6 Å². The third-order valence-corrected chi connectivity index (χ3v) is 4.56. The van der Waals surface area contributed by atoms with Gasteiger partial charge in [-0.05, 0) is 38.1 Å². The second-order valence-electron chi connectivity index (χ2n) is 5.02. The van der Waals surface area contributed by atoms with Gasteiger partial charge in [0.2, 0.25) is 11.7 Å². The van der Waals surface area contributed by atoms with Crippen LogP contribution in [0.3, 0.4) is 0 Å². The fourth-order valence-corrected chi connectivity index (χ4v) is 3.04. The number of benzene rings is 1. The summed E-state index contributed by atoms with van der Waals surface area (Å²) in [5.74, 6) is 1.55. The summed E-state index contributed by atoms with van der Waals surface area (Å²) in [7, 11) is 1.97. The Bertz CT molecular complexity index is 614. The molecular weight excluding hydrogens is 297 g/mol. The van der Waals surface area contributed by atoms with Crippen LogP contribution in [0.15, 0.2) is 22.7 Å². The van der Waals surface area contributed by atoms with Gasteiger partial charge in [-0.25, -0.2) is 0 Å². The van der Waals surface area contributed by atoms with Gasteiger partial charge in [-0.1, -0.05) is 34.8 Å². The van der Waals surface area contributed by atoms with Crippen LogP contribution in [0.2, 0.25) is 10.0 Å². The molecule has 0 radical (unpaired) electrons. The van der Waals surface area contributed by atoms with Crippen LogP contribution in [0.25, 0.3) is 11.4 Å². The Morgan fingerprint density at radius 3 is 2.85 bits per heavy atom. The summed E-state index contributed by atoms with van der Waals surface area (Å²) in [5, 5.41) is 8.38. The van der Waals surface area contributed by atoms with Crippen LogP contribution in [0.4, 0.5) is 0 Å². The van der Waals surface area contributed by atoms with E-state index in [0.29, 0.717) is 33.7 Å². The monoisotopic (exact) mass is 311 g/mol. The molecule has 2 aromatic rings. The predicted molar refractivity (Wildman–Crippen MR) is 79.2 cm³/mol. The van der Waals surface area contributed by atoms with E-state index in [1.807, 2.05) is 13.1 Å². The van der Waals surface area contributed by atoms with Crippen LogP contribution in [0, 0.1) is 0 Å². The van der Waals surface area contributed by atoms with Crippen molar-refractivity contribution >= 4 is 23.2 Å². The quantitative estimate of drug-likeness (QED) is 0.934. The van der Waals surface area contributed by atoms with Crippen LogP contribution < -0.4 is 5.32 Å². The minimum absolute atomic E-state index is 0.295. The van der Waals surface area contributed by atoms with Crippen molar-refractivity contribution in [3.05, 3.63) is 34.1 Å². The fourth-order valence-electron chi connectivity index (χ4n) is 2.74. The number of aromatic nitrogens is 2. The lowest BCUT2D eigenvalue weighted by molar-refractivity contribution is 0.335. The van der Waals surface area contributed by atoms with Crippen LogP contribution in [-0.2, 0) is 0 Å². The smallest absolute Gasteiger partial charge is 0.231 e. The largest absolute Gasteiger partial charge is 0.339 e.